The Bertz CT molecular complexity index is 553. The minimum atomic E-state index is -0.233. The average molecular weight is 286 g/mol. The fraction of sp³-hybridized carbons (Fsp3) is 0.333. The molecule has 1 aliphatic carbocycles. The van der Waals surface area contributed by atoms with E-state index in [-0.39, 0.29) is 11.9 Å². The average Bonchev–Trinajstić information content (AvgIpc) is 2.96. The molecule has 2 aromatic carbocycles. The van der Waals surface area contributed by atoms with Crippen LogP contribution in [0.1, 0.15) is 19.3 Å². The Morgan fingerprint density at radius 2 is 1.67 bits per heavy atom. The van der Waals surface area contributed by atoms with Crippen LogP contribution in [0.2, 0.25) is 0 Å². The third kappa shape index (κ3) is 3.97. The van der Waals surface area contributed by atoms with Gasteiger partial charge in [0.15, 0.2) is 0 Å². The van der Waals surface area contributed by atoms with Gasteiger partial charge in [-0.1, -0.05) is 18.2 Å². The minimum absolute atomic E-state index is 0.208. The predicted molar refractivity (Wildman–Crippen MR) is 80.1 cm³/mol. The van der Waals surface area contributed by atoms with Crippen molar-refractivity contribution in [2.24, 2.45) is 5.92 Å². The monoisotopic (exact) mass is 286 g/mol. The molecular formula is C18H19FO2. The van der Waals surface area contributed by atoms with Gasteiger partial charge in [-0.05, 0) is 61.6 Å². The van der Waals surface area contributed by atoms with Crippen LogP contribution < -0.4 is 9.47 Å². The normalized spacial score (nSPS) is 21.2. The number of hydrogen-bond donors (Lipinski definition) is 0. The molecule has 0 aliphatic heterocycles. The van der Waals surface area contributed by atoms with E-state index in [0.717, 1.165) is 37.4 Å². The summed E-state index contributed by atoms with van der Waals surface area (Å²) >= 11 is 0. The lowest BCUT2D eigenvalue weighted by Gasteiger charge is -2.15. The summed E-state index contributed by atoms with van der Waals surface area (Å²) in [4.78, 5) is 0. The summed E-state index contributed by atoms with van der Waals surface area (Å²) in [5, 5.41) is 0. The standard InChI is InChI=1S/C18H19FO2/c19-15-7-10-17(11-8-15)21-18-9-6-14(12-18)13-20-16-4-2-1-3-5-16/h1-5,7-8,10-11,14,18H,6,9,12-13H2. The molecule has 2 atom stereocenters. The zero-order valence-corrected chi connectivity index (χ0v) is 11.9. The van der Waals surface area contributed by atoms with Gasteiger partial charge in [0.2, 0.25) is 0 Å². The van der Waals surface area contributed by atoms with Crippen molar-refractivity contribution >= 4 is 0 Å². The van der Waals surface area contributed by atoms with E-state index >= 15 is 0 Å². The second-order valence-corrected chi connectivity index (χ2v) is 5.50. The van der Waals surface area contributed by atoms with E-state index in [1.807, 2.05) is 30.3 Å². The van der Waals surface area contributed by atoms with Gasteiger partial charge in [-0.15, -0.1) is 0 Å². The molecule has 2 unspecified atom stereocenters. The molecule has 110 valence electrons. The Morgan fingerprint density at radius 3 is 2.43 bits per heavy atom. The van der Waals surface area contributed by atoms with Crippen LogP contribution in [0.5, 0.6) is 11.5 Å². The third-order valence-corrected chi connectivity index (χ3v) is 3.84. The summed E-state index contributed by atoms with van der Waals surface area (Å²) in [6, 6.07) is 16.1. The SMILES string of the molecule is Fc1ccc(OC2CCC(COc3ccccc3)C2)cc1. The van der Waals surface area contributed by atoms with E-state index in [4.69, 9.17) is 9.47 Å². The Kier molecular flexibility index (Phi) is 4.39. The minimum Gasteiger partial charge on any atom is -0.493 e. The molecule has 2 aromatic rings. The quantitative estimate of drug-likeness (QED) is 0.808. The van der Waals surface area contributed by atoms with E-state index in [1.54, 1.807) is 12.1 Å². The van der Waals surface area contributed by atoms with Crippen LogP contribution in [0, 0.1) is 11.7 Å². The smallest absolute Gasteiger partial charge is 0.123 e. The first-order chi connectivity index (χ1) is 10.3. The van der Waals surface area contributed by atoms with Crippen LogP contribution >= 0.6 is 0 Å². The van der Waals surface area contributed by atoms with Gasteiger partial charge in [-0.3, -0.25) is 0 Å². The van der Waals surface area contributed by atoms with E-state index < -0.39 is 0 Å². The van der Waals surface area contributed by atoms with Crippen LogP contribution in [-0.2, 0) is 0 Å². The first-order valence-corrected chi connectivity index (χ1v) is 7.39. The maximum Gasteiger partial charge on any atom is 0.123 e. The molecule has 0 amide bonds. The largest absolute Gasteiger partial charge is 0.493 e. The maximum atomic E-state index is 12.9. The van der Waals surface area contributed by atoms with Crippen molar-refractivity contribution in [2.75, 3.05) is 6.61 Å². The Hall–Kier alpha value is -2.03. The molecule has 0 bridgehead atoms. The van der Waals surface area contributed by atoms with E-state index in [1.165, 1.54) is 12.1 Å². The maximum absolute atomic E-state index is 12.9. The van der Waals surface area contributed by atoms with Crippen LogP contribution in [0.3, 0.4) is 0 Å². The molecule has 2 nitrogen and oxygen atoms in total. The molecule has 0 spiro atoms. The highest BCUT2D eigenvalue weighted by atomic mass is 19.1. The van der Waals surface area contributed by atoms with Crippen molar-refractivity contribution in [2.45, 2.75) is 25.4 Å². The van der Waals surface area contributed by atoms with E-state index in [9.17, 15) is 4.39 Å². The molecule has 1 fully saturated rings. The number of rotatable bonds is 5. The van der Waals surface area contributed by atoms with Crippen molar-refractivity contribution in [3.63, 3.8) is 0 Å². The van der Waals surface area contributed by atoms with Crippen molar-refractivity contribution in [3.05, 3.63) is 60.4 Å². The van der Waals surface area contributed by atoms with Gasteiger partial charge in [0, 0.05) is 0 Å². The van der Waals surface area contributed by atoms with Crippen LogP contribution in [0.25, 0.3) is 0 Å². The Morgan fingerprint density at radius 1 is 0.905 bits per heavy atom. The van der Waals surface area contributed by atoms with Gasteiger partial charge in [0.1, 0.15) is 17.3 Å². The lowest BCUT2D eigenvalue weighted by molar-refractivity contribution is 0.189. The van der Waals surface area contributed by atoms with Crippen molar-refractivity contribution in [1.82, 2.24) is 0 Å². The molecule has 3 rings (SSSR count). The molecule has 1 aliphatic rings. The topological polar surface area (TPSA) is 18.5 Å². The van der Waals surface area contributed by atoms with Gasteiger partial charge >= 0.3 is 0 Å². The molecule has 0 aromatic heterocycles. The number of halogens is 1. The van der Waals surface area contributed by atoms with Crippen molar-refractivity contribution in [3.8, 4) is 11.5 Å². The van der Waals surface area contributed by atoms with Gasteiger partial charge in [0.25, 0.3) is 0 Å². The van der Waals surface area contributed by atoms with Crippen molar-refractivity contribution < 1.29 is 13.9 Å². The first kappa shape index (κ1) is 13.9. The van der Waals surface area contributed by atoms with Gasteiger partial charge < -0.3 is 9.47 Å². The second kappa shape index (κ2) is 6.61. The molecule has 21 heavy (non-hydrogen) atoms. The molecule has 0 N–H and O–H groups in total. The summed E-state index contributed by atoms with van der Waals surface area (Å²) in [5.41, 5.74) is 0. The molecular weight excluding hydrogens is 267 g/mol. The van der Waals surface area contributed by atoms with Gasteiger partial charge in [-0.2, -0.15) is 0 Å². The highest BCUT2D eigenvalue weighted by molar-refractivity contribution is 5.23. The molecule has 0 saturated heterocycles. The third-order valence-electron chi connectivity index (χ3n) is 3.84. The summed E-state index contributed by atoms with van der Waals surface area (Å²) in [6.07, 6.45) is 3.34. The fourth-order valence-corrected chi connectivity index (χ4v) is 2.72. The van der Waals surface area contributed by atoms with Gasteiger partial charge in [-0.25, -0.2) is 4.39 Å². The first-order valence-electron chi connectivity index (χ1n) is 7.39. The summed E-state index contributed by atoms with van der Waals surface area (Å²) in [5.74, 6) is 1.95. The summed E-state index contributed by atoms with van der Waals surface area (Å²) in [6.45, 7) is 0.729. The zero-order chi connectivity index (χ0) is 14.5. The zero-order valence-electron chi connectivity index (χ0n) is 11.9. The highest BCUT2D eigenvalue weighted by Gasteiger charge is 2.26. The Balaban J connectivity index is 1.46. The fourth-order valence-electron chi connectivity index (χ4n) is 2.72. The number of hydrogen-bond acceptors (Lipinski definition) is 2. The Labute approximate surface area is 124 Å². The summed E-state index contributed by atoms with van der Waals surface area (Å²) in [7, 11) is 0. The van der Waals surface area contributed by atoms with Crippen LogP contribution in [0.15, 0.2) is 54.6 Å². The molecule has 1 saturated carbocycles. The van der Waals surface area contributed by atoms with Gasteiger partial charge in [0.05, 0.1) is 12.7 Å². The van der Waals surface area contributed by atoms with E-state index in [2.05, 4.69) is 0 Å². The highest BCUT2D eigenvalue weighted by Crippen LogP contribution is 2.29. The number of benzene rings is 2. The number of ether oxygens (including phenoxy) is 2. The second-order valence-electron chi connectivity index (χ2n) is 5.50. The predicted octanol–water partition coefficient (Wildman–Crippen LogP) is 4.45. The number of para-hydroxylation sites is 1. The van der Waals surface area contributed by atoms with E-state index in [0.29, 0.717) is 5.92 Å². The molecule has 0 heterocycles. The lowest BCUT2D eigenvalue weighted by Crippen LogP contribution is -2.14. The molecule has 3 heteroatoms. The van der Waals surface area contributed by atoms with Crippen molar-refractivity contribution in [1.29, 1.82) is 0 Å². The van der Waals surface area contributed by atoms with Crippen LogP contribution in [-0.4, -0.2) is 12.7 Å². The molecule has 0 radical (unpaired) electrons. The van der Waals surface area contributed by atoms with Crippen LogP contribution in [0.4, 0.5) is 4.39 Å². The lowest BCUT2D eigenvalue weighted by atomic mass is 10.1. The summed E-state index contributed by atoms with van der Waals surface area (Å²) < 4.78 is 24.5.